The monoisotopic (exact) mass is 1200 g/mol. The molecule has 0 rings (SSSR count). The smallest absolute Gasteiger partial charge is 0.462 e. The molecule has 0 saturated carbocycles. The molecule has 0 radical (unpaired) electrons. The molecule has 0 amide bonds. The molecule has 0 bridgehead atoms. The van der Waals surface area contributed by atoms with Crippen LogP contribution in [0, 0.1) is 5.92 Å². The van der Waals surface area contributed by atoms with Crippen molar-refractivity contribution in [3.05, 3.63) is 0 Å². The highest BCUT2D eigenvalue weighted by molar-refractivity contribution is 7.47. The number of rotatable bonds is 62. The molecule has 0 aliphatic heterocycles. The lowest BCUT2D eigenvalue weighted by atomic mass is 10.0. The average molecular weight is 1200 g/mol. The molecule has 19 heteroatoms. The van der Waals surface area contributed by atoms with Crippen molar-refractivity contribution in [1.82, 2.24) is 0 Å². The fourth-order valence-electron chi connectivity index (χ4n) is 9.23. The van der Waals surface area contributed by atoms with Crippen LogP contribution in [0.1, 0.15) is 311 Å². The molecule has 0 heterocycles. The molecule has 0 aliphatic carbocycles. The number of phosphoric ester groups is 2. The second-order valence-corrected chi connectivity index (χ2v) is 25.8. The predicted octanol–water partition coefficient (Wildman–Crippen LogP) is 17.0. The first kappa shape index (κ1) is 79.1. The fraction of sp³-hybridized carbons (Fsp3) is 0.935. The van der Waals surface area contributed by atoms with Gasteiger partial charge in [0.1, 0.15) is 19.3 Å². The van der Waals surface area contributed by atoms with E-state index in [4.69, 9.17) is 37.0 Å². The molecule has 17 nitrogen and oxygen atoms in total. The van der Waals surface area contributed by atoms with E-state index in [1.54, 1.807) is 0 Å². The molecule has 0 aliphatic rings. The van der Waals surface area contributed by atoms with Crippen LogP contribution < -0.4 is 0 Å². The Morgan fingerprint density at radius 2 is 0.568 bits per heavy atom. The third-order valence-corrected chi connectivity index (χ3v) is 16.2. The van der Waals surface area contributed by atoms with Crippen LogP contribution in [-0.2, 0) is 65.4 Å². The number of aliphatic hydroxyl groups is 1. The summed E-state index contributed by atoms with van der Waals surface area (Å²) in [6, 6.07) is 0. The van der Waals surface area contributed by atoms with Crippen molar-refractivity contribution in [2.45, 2.75) is 329 Å². The SMILES string of the molecule is CCCCCCCCCCCCCCC(=O)OC[C@H](COP(=O)(O)OC[C@@H](O)COP(=O)(O)OC[C@@H](COC(=O)CCCCCCCCC)OC(=O)CCCCCCCCCC(C)C)OC(=O)CCCCCCCCCCCCCC. The summed E-state index contributed by atoms with van der Waals surface area (Å²) in [4.78, 5) is 72.0. The van der Waals surface area contributed by atoms with E-state index in [1.807, 2.05) is 0 Å². The summed E-state index contributed by atoms with van der Waals surface area (Å²) >= 11 is 0. The first-order valence-electron chi connectivity index (χ1n) is 32.6. The second-order valence-electron chi connectivity index (χ2n) is 22.9. The van der Waals surface area contributed by atoms with Crippen LogP contribution in [0.2, 0.25) is 0 Å². The Labute approximate surface area is 492 Å². The topological polar surface area (TPSA) is 237 Å². The van der Waals surface area contributed by atoms with E-state index in [9.17, 15) is 43.2 Å². The zero-order valence-corrected chi connectivity index (χ0v) is 53.7. The summed E-state index contributed by atoms with van der Waals surface area (Å²) in [5, 5.41) is 10.5. The van der Waals surface area contributed by atoms with Gasteiger partial charge in [-0.1, -0.05) is 259 Å². The molecule has 3 N–H and O–H groups in total. The van der Waals surface area contributed by atoms with Gasteiger partial charge in [0.05, 0.1) is 26.4 Å². The van der Waals surface area contributed by atoms with Crippen molar-refractivity contribution >= 4 is 39.5 Å². The van der Waals surface area contributed by atoms with Crippen LogP contribution in [-0.4, -0.2) is 96.7 Å². The maximum Gasteiger partial charge on any atom is 0.472 e. The lowest BCUT2D eigenvalue weighted by Crippen LogP contribution is -2.30. The highest BCUT2D eigenvalue weighted by Crippen LogP contribution is 2.45. The number of hydrogen-bond donors (Lipinski definition) is 3. The van der Waals surface area contributed by atoms with Gasteiger partial charge in [-0.05, 0) is 31.6 Å². The quantitative estimate of drug-likeness (QED) is 0.0222. The molecule has 0 spiro atoms. The first-order chi connectivity index (χ1) is 39.0. The second kappa shape index (κ2) is 55.9. The van der Waals surface area contributed by atoms with Crippen molar-refractivity contribution < 1.29 is 80.2 Å². The van der Waals surface area contributed by atoms with Crippen molar-refractivity contribution in [3.8, 4) is 0 Å². The third kappa shape index (κ3) is 56.9. The van der Waals surface area contributed by atoms with Gasteiger partial charge in [0.2, 0.25) is 0 Å². The third-order valence-electron chi connectivity index (χ3n) is 14.3. The maximum absolute atomic E-state index is 13.0. The average Bonchev–Trinajstić information content (AvgIpc) is 3.43. The van der Waals surface area contributed by atoms with Crippen LogP contribution in [0.4, 0.5) is 0 Å². The minimum atomic E-state index is -4.94. The number of aliphatic hydroxyl groups excluding tert-OH is 1. The van der Waals surface area contributed by atoms with Gasteiger partial charge in [0.25, 0.3) is 0 Å². The predicted molar refractivity (Wildman–Crippen MR) is 322 cm³/mol. The van der Waals surface area contributed by atoms with Crippen molar-refractivity contribution in [3.63, 3.8) is 0 Å². The van der Waals surface area contributed by atoms with Crippen molar-refractivity contribution in [2.24, 2.45) is 5.92 Å². The van der Waals surface area contributed by atoms with Gasteiger partial charge in [0.15, 0.2) is 12.2 Å². The summed E-state index contributed by atoms with van der Waals surface area (Å²) in [7, 11) is -9.88. The molecule has 0 aromatic heterocycles. The van der Waals surface area contributed by atoms with E-state index in [2.05, 4.69) is 34.6 Å². The highest BCUT2D eigenvalue weighted by atomic mass is 31.2. The van der Waals surface area contributed by atoms with Crippen LogP contribution in [0.3, 0.4) is 0 Å². The van der Waals surface area contributed by atoms with E-state index < -0.39 is 97.5 Å². The molecule has 5 atom stereocenters. The van der Waals surface area contributed by atoms with Gasteiger partial charge in [-0.3, -0.25) is 37.3 Å². The molecule has 0 saturated heterocycles. The van der Waals surface area contributed by atoms with Crippen LogP contribution >= 0.6 is 15.6 Å². The van der Waals surface area contributed by atoms with Crippen molar-refractivity contribution in [2.75, 3.05) is 39.6 Å². The number of phosphoric acid groups is 2. The lowest BCUT2D eigenvalue weighted by molar-refractivity contribution is -0.161. The van der Waals surface area contributed by atoms with Gasteiger partial charge < -0.3 is 33.8 Å². The summed E-state index contributed by atoms with van der Waals surface area (Å²) in [6.45, 7) is 7.08. The first-order valence-corrected chi connectivity index (χ1v) is 35.6. The zero-order valence-electron chi connectivity index (χ0n) is 51.9. The van der Waals surface area contributed by atoms with E-state index in [1.165, 1.54) is 122 Å². The maximum atomic E-state index is 13.0. The van der Waals surface area contributed by atoms with Crippen LogP contribution in [0.15, 0.2) is 0 Å². The van der Waals surface area contributed by atoms with E-state index in [0.29, 0.717) is 31.6 Å². The van der Waals surface area contributed by atoms with E-state index in [-0.39, 0.29) is 25.7 Å². The number of carbonyl (C=O) groups excluding carboxylic acids is 4. The fourth-order valence-corrected chi connectivity index (χ4v) is 10.8. The molecule has 0 aromatic rings. The van der Waals surface area contributed by atoms with Crippen LogP contribution in [0.5, 0.6) is 0 Å². The Bertz CT molecular complexity index is 1580. The van der Waals surface area contributed by atoms with Gasteiger partial charge in [-0.15, -0.1) is 0 Å². The largest absolute Gasteiger partial charge is 0.472 e. The molecular formula is C62H120O17P2. The normalized spacial score (nSPS) is 14.3. The van der Waals surface area contributed by atoms with Crippen molar-refractivity contribution in [1.29, 1.82) is 0 Å². The Hall–Kier alpha value is -1.94. The standard InChI is InChI=1S/C62H120O17P2/c1-6-9-12-15-18-20-22-24-26-31-36-41-46-60(65)73-52-58(78-61(66)47-42-37-32-27-25-23-21-19-16-13-10-7-2)54-77-81(70,71)75-50-56(63)49-74-80(68,69)76-53-57(51-72-59(64)45-40-35-29-17-14-11-8-3)79-62(67)48-43-38-33-28-30-34-39-44-55(4)5/h55-58,63H,6-54H2,1-5H3,(H,68,69)(H,70,71)/t56-,57+,58+/m0/s1. The zero-order chi connectivity index (χ0) is 59.9. The minimum absolute atomic E-state index is 0.103. The Balaban J connectivity index is 5.21. The Kier molecular flexibility index (Phi) is 54.6. The molecule has 0 fully saturated rings. The minimum Gasteiger partial charge on any atom is -0.462 e. The number of ether oxygens (including phenoxy) is 4. The molecule has 81 heavy (non-hydrogen) atoms. The number of esters is 4. The molecule has 2 unspecified atom stereocenters. The number of hydrogen-bond acceptors (Lipinski definition) is 15. The summed E-state index contributed by atoms with van der Waals surface area (Å²) < 4.78 is 67.8. The van der Waals surface area contributed by atoms with Gasteiger partial charge in [-0.25, -0.2) is 9.13 Å². The van der Waals surface area contributed by atoms with Gasteiger partial charge in [0, 0.05) is 25.7 Å². The summed E-state index contributed by atoms with van der Waals surface area (Å²) in [5.74, 6) is -1.44. The molecule has 480 valence electrons. The summed E-state index contributed by atoms with van der Waals surface area (Å²) in [5.41, 5.74) is 0. The summed E-state index contributed by atoms with van der Waals surface area (Å²) in [6.07, 6.45) is 39.0. The molecule has 0 aromatic carbocycles. The number of carbonyl (C=O) groups is 4. The van der Waals surface area contributed by atoms with E-state index in [0.717, 1.165) is 103 Å². The number of unbranched alkanes of at least 4 members (excludes halogenated alkanes) is 34. The lowest BCUT2D eigenvalue weighted by Gasteiger charge is -2.21. The van der Waals surface area contributed by atoms with Gasteiger partial charge in [-0.2, -0.15) is 0 Å². The Morgan fingerprint density at radius 1 is 0.333 bits per heavy atom. The molecular weight excluding hydrogens is 1080 g/mol. The van der Waals surface area contributed by atoms with Gasteiger partial charge >= 0.3 is 39.5 Å². The van der Waals surface area contributed by atoms with Crippen LogP contribution in [0.25, 0.3) is 0 Å². The Morgan fingerprint density at radius 3 is 0.840 bits per heavy atom. The highest BCUT2D eigenvalue weighted by Gasteiger charge is 2.30. The van der Waals surface area contributed by atoms with E-state index >= 15 is 0 Å².